The lowest BCUT2D eigenvalue weighted by molar-refractivity contribution is -0.116. The summed E-state index contributed by atoms with van der Waals surface area (Å²) in [7, 11) is 1.54. The minimum atomic E-state index is -0.362. The molecule has 0 aliphatic rings. The van der Waals surface area contributed by atoms with Crippen molar-refractivity contribution in [1.82, 2.24) is 9.88 Å². The van der Waals surface area contributed by atoms with Gasteiger partial charge in [0.2, 0.25) is 5.91 Å². The number of benzene rings is 1. The average Bonchev–Trinajstić information content (AvgIpc) is 2.49. The Bertz CT molecular complexity index is 794. The first-order chi connectivity index (χ1) is 11.7. The fourth-order valence-corrected chi connectivity index (χ4v) is 3.11. The first-order valence-corrected chi connectivity index (χ1v) is 8.39. The Hall–Kier alpha value is -2.11. The van der Waals surface area contributed by atoms with Crippen LogP contribution in [0.25, 0.3) is 0 Å². The van der Waals surface area contributed by atoms with E-state index in [1.54, 1.807) is 7.05 Å². The van der Waals surface area contributed by atoms with Gasteiger partial charge in [-0.05, 0) is 44.0 Å². The average molecular weight is 380 g/mol. The van der Waals surface area contributed by atoms with Crippen molar-refractivity contribution in [3.8, 4) is 0 Å². The van der Waals surface area contributed by atoms with E-state index in [2.05, 4.69) is 10.3 Å². The van der Waals surface area contributed by atoms with Crippen molar-refractivity contribution in [2.75, 3.05) is 18.9 Å². The van der Waals surface area contributed by atoms with Gasteiger partial charge in [0.15, 0.2) is 0 Å². The van der Waals surface area contributed by atoms with Crippen LogP contribution in [0.1, 0.15) is 27.0 Å². The van der Waals surface area contributed by atoms with E-state index < -0.39 is 0 Å². The maximum Gasteiger partial charge on any atom is 0.254 e. The van der Waals surface area contributed by atoms with E-state index in [1.807, 2.05) is 32.9 Å². The van der Waals surface area contributed by atoms with Gasteiger partial charge in [0.05, 0.1) is 6.54 Å². The Balaban J connectivity index is 2.08. The lowest BCUT2D eigenvalue weighted by Gasteiger charge is -2.18. The van der Waals surface area contributed by atoms with Crippen LogP contribution in [-0.4, -0.2) is 35.3 Å². The van der Waals surface area contributed by atoms with E-state index in [9.17, 15) is 9.59 Å². The summed E-state index contributed by atoms with van der Waals surface area (Å²) in [6, 6.07) is 6.83. The van der Waals surface area contributed by atoms with E-state index in [0.29, 0.717) is 0 Å². The highest BCUT2D eigenvalue weighted by molar-refractivity contribution is 6.33. The summed E-state index contributed by atoms with van der Waals surface area (Å²) in [6.45, 7) is 5.78. The molecule has 0 saturated heterocycles. The summed E-state index contributed by atoms with van der Waals surface area (Å²) in [6.07, 6.45) is 0. The molecule has 0 spiro atoms. The van der Waals surface area contributed by atoms with Crippen LogP contribution in [0.4, 0.5) is 5.69 Å². The molecule has 5 nitrogen and oxygen atoms in total. The fourth-order valence-electron chi connectivity index (χ4n) is 2.65. The number of carbonyl (C=O) groups is 2. The van der Waals surface area contributed by atoms with Gasteiger partial charge in [-0.3, -0.25) is 9.59 Å². The minimum Gasteiger partial charge on any atom is -0.332 e. The zero-order valence-corrected chi connectivity index (χ0v) is 16.0. The molecule has 0 bridgehead atoms. The lowest BCUT2D eigenvalue weighted by atomic mass is 10.1. The molecule has 1 aromatic carbocycles. The molecule has 2 amide bonds. The summed E-state index contributed by atoms with van der Waals surface area (Å²) in [5.74, 6) is -0.643. The van der Waals surface area contributed by atoms with Crippen molar-refractivity contribution in [3.63, 3.8) is 0 Å². The van der Waals surface area contributed by atoms with Crippen molar-refractivity contribution < 1.29 is 9.59 Å². The molecule has 1 N–H and O–H groups in total. The molecule has 1 heterocycles. The maximum atomic E-state index is 12.4. The third-order valence-electron chi connectivity index (χ3n) is 3.68. The number of anilines is 1. The van der Waals surface area contributed by atoms with Crippen LogP contribution in [0.2, 0.25) is 10.3 Å². The number of hydrogen-bond acceptors (Lipinski definition) is 3. The summed E-state index contributed by atoms with van der Waals surface area (Å²) < 4.78 is 0. The number of aryl methyl sites for hydroxylation is 3. The molecular weight excluding hydrogens is 361 g/mol. The Labute approximate surface area is 157 Å². The second-order valence-electron chi connectivity index (χ2n) is 5.98. The monoisotopic (exact) mass is 379 g/mol. The van der Waals surface area contributed by atoms with Crippen LogP contribution in [0.15, 0.2) is 24.3 Å². The highest BCUT2D eigenvalue weighted by Crippen LogP contribution is 2.22. The highest BCUT2D eigenvalue weighted by Gasteiger charge is 2.17. The first kappa shape index (κ1) is 19.2. The van der Waals surface area contributed by atoms with Gasteiger partial charge in [0, 0.05) is 18.3 Å². The van der Waals surface area contributed by atoms with Crippen LogP contribution < -0.4 is 5.32 Å². The minimum absolute atomic E-state index is 0.0941. The molecule has 0 radical (unpaired) electrons. The van der Waals surface area contributed by atoms with Crippen molar-refractivity contribution >= 4 is 40.7 Å². The number of amides is 2. The number of carbonyl (C=O) groups excluding carboxylic acids is 2. The number of halogens is 2. The van der Waals surface area contributed by atoms with Crippen molar-refractivity contribution in [3.05, 3.63) is 56.8 Å². The van der Waals surface area contributed by atoms with Gasteiger partial charge in [-0.25, -0.2) is 4.98 Å². The Morgan fingerprint density at radius 3 is 2.08 bits per heavy atom. The van der Waals surface area contributed by atoms with E-state index in [4.69, 9.17) is 23.2 Å². The van der Waals surface area contributed by atoms with Gasteiger partial charge < -0.3 is 10.2 Å². The molecule has 0 saturated carbocycles. The predicted molar refractivity (Wildman–Crippen MR) is 101 cm³/mol. The number of pyridine rings is 1. The van der Waals surface area contributed by atoms with Gasteiger partial charge in [0.1, 0.15) is 10.3 Å². The first-order valence-electron chi connectivity index (χ1n) is 7.63. The van der Waals surface area contributed by atoms with E-state index in [0.717, 1.165) is 22.4 Å². The molecule has 132 valence electrons. The number of likely N-dealkylation sites (N-methyl/N-ethyl adjacent to an activating group) is 1. The number of aromatic nitrogens is 1. The van der Waals surface area contributed by atoms with Crippen LogP contribution >= 0.6 is 23.2 Å². The molecule has 0 unspecified atom stereocenters. The lowest BCUT2D eigenvalue weighted by Crippen LogP contribution is -2.35. The zero-order chi connectivity index (χ0) is 18.7. The largest absolute Gasteiger partial charge is 0.332 e. The summed E-state index contributed by atoms with van der Waals surface area (Å²) in [5, 5.41) is 3.12. The maximum absolute atomic E-state index is 12.4. The summed E-state index contributed by atoms with van der Waals surface area (Å²) in [4.78, 5) is 29.8. The van der Waals surface area contributed by atoms with E-state index in [-0.39, 0.29) is 34.2 Å². The number of nitrogens with one attached hydrogen (secondary N) is 1. The molecule has 2 aromatic rings. The van der Waals surface area contributed by atoms with Gasteiger partial charge in [-0.1, -0.05) is 40.9 Å². The topological polar surface area (TPSA) is 62.3 Å². The number of hydrogen-bond donors (Lipinski definition) is 1. The summed E-state index contributed by atoms with van der Waals surface area (Å²) >= 11 is 11.6. The highest BCUT2D eigenvalue weighted by atomic mass is 35.5. The van der Waals surface area contributed by atoms with Crippen LogP contribution in [0.5, 0.6) is 0 Å². The van der Waals surface area contributed by atoms with Crippen molar-refractivity contribution in [2.45, 2.75) is 20.8 Å². The second-order valence-corrected chi connectivity index (χ2v) is 6.76. The van der Waals surface area contributed by atoms with Gasteiger partial charge in [0.25, 0.3) is 5.91 Å². The molecule has 0 fully saturated rings. The normalized spacial score (nSPS) is 10.5. The zero-order valence-electron chi connectivity index (χ0n) is 14.5. The molecule has 1 aromatic heterocycles. The SMILES string of the molecule is Cc1cc(C)c(NC(=O)CN(C)C(=O)c2cc(Cl)nc(Cl)c2)c(C)c1. The molecule has 2 rings (SSSR count). The van der Waals surface area contributed by atoms with Crippen LogP contribution in [-0.2, 0) is 4.79 Å². The van der Waals surface area contributed by atoms with Crippen molar-refractivity contribution in [2.24, 2.45) is 0 Å². The molecule has 7 heteroatoms. The molecule has 0 aliphatic heterocycles. The van der Waals surface area contributed by atoms with E-state index in [1.165, 1.54) is 17.0 Å². The Morgan fingerprint density at radius 2 is 1.56 bits per heavy atom. The van der Waals surface area contributed by atoms with Gasteiger partial charge in [-0.2, -0.15) is 0 Å². The number of nitrogens with zero attached hydrogens (tertiary/aromatic N) is 2. The quantitative estimate of drug-likeness (QED) is 0.815. The third kappa shape index (κ3) is 4.94. The Morgan fingerprint density at radius 1 is 1.04 bits per heavy atom. The molecule has 0 aliphatic carbocycles. The third-order valence-corrected chi connectivity index (χ3v) is 4.07. The van der Waals surface area contributed by atoms with Gasteiger partial charge >= 0.3 is 0 Å². The van der Waals surface area contributed by atoms with Crippen LogP contribution in [0, 0.1) is 20.8 Å². The second kappa shape index (κ2) is 7.85. The number of rotatable bonds is 4. The standard InChI is InChI=1S/C18H19Cl2N3O2/c1-10-5-11(2)17(12(3)6-10)22-16(24)9-23(4)18(25)13-7-14(19)21-15(20)8-13/h5-8H,9H2,1-4H3,(H,22,24). The Kier molecular flexibility index (Phi) is 6.03. The predicted octanol–water partition coefficient (Wildman–Crippen LogP) is 4.02. The molecule has 0 atom stereocenters. The van der Waals surface area contributed by atoms with Crippen molar-refractivity contribution in [1.29, 1.82) is 0 Å². The fraction of sp³-hybridized carbons (Fsp3) is 0.278. The molecule has 25 heavy (non-hydrogen) atoms. The smallest absolute Gasteiger partial charge is 0.254 e. The summed E-state index contributed by atoms with van der Waals surface area (Å²) in [5.41, 5.74) is 4.14. The molecular formula is C18H19Cl2N3O2. The van der Waals surface area contributed by atoms with Crippen LogP contribution in [0.3, 0.4) is 0 Å². The van der Waals surface area contributed by atoms with Gasteiger partial charge in [-0.15, -0.1) is 0 Å². The van der Waals surface area contributed by atoms with E-state index >= 15 is 0 Å².